The minimum Gasteiger partial charge on any atom is -0.451 e. The zero-order chi connectivity index (χ0) is 15.8. The number of hydrogen-bond acceptors (Lipinski definition) is 2. The van der Waals surface area contributed by atoms with E-state index in [9.17, 15) is 0 Å². The fourth-order valence-electron chi connectivity index (χ4n) is 4.05. The predicted molar refractivity (Wildman–Crippen MR) is 96.0 cm³/mol. The van der Waals surface area contributed by atoms with Gasteiger partial charge in [-0.2, -0.15) is 0 Å². The standard InChI is InChI=1S/C20H16BrNO/c1-20(2)14-8-5-7-13-10-12-6-3-4-9-15(12)22(18(13)14)16-11-17(21)23-19(16)20/h3-9,11H,10H2,1-2H3. The summed E-state index contributed by atoms with van der Waals surface area (Å²) in [6, 6.07) is 17.4. The molecule has 0 N–H and O–H groups in total. The molecule has 0 spiro atoms. The minimum absolute atomic E-state index is 0.143. The molecule has 0 bridgehead atoms. The van der Waals surface area contributed by atoms with Gasteiger partial charge in [-0.15, -0.1) is 0 Å². The van der Waals surface area contributed by atoms with Crippen LogP contribution in [0.3, 0.4) is 0 Å². The van der Waals surface area contributed by atoms with Crippen LogP contribution >= 0.6 is 15.9 Å². The molecular formula is C20H16BrNO. The highest BCUT2D eigenvalue weighted by Gasteiger charge is 2.43. The molecule has 3 heterocycles. The van der Waals surface area contributed by atoms with Gasteiger partial charge in [-0.1, -0.05) is 36.4 Å². The first-order valence-electron chi connectivity index (χ1n) is 7.87. The lowest BCUT2D eigenvalue weighted by Gasteiger charge is -2.42. The molecule has 2 nitrogen and oxygen atoms in total. The van der Waals surface area contributed by atoms with Crippen LogP contribution in [0, 0.1) is 0 Å². The number of rotatable bonds is 0. The molecule has 23 heavy (non-hydrogen) atoms. The van der Waals surface area contributed by atoms with Crippen LogP contribution in [-0.2, 0) is 11.8 Å². The van der Waals surface area contributed by atoms with Crippen molar-refractivity contribution in [3.63, 3.8) is 0 Å². The summed E-state index contributed by atoms with van der Waals surface area (Å²) in [5.74, 6) is 1.02. The fourth-order valence-corrected chi connectivity index (χ4v) is 4.42. The van der Waals surface area contributed by atoms with E-state index in [1.807, 2.05) is 0 Å². The second-order valence-electron chi connectivity index (χ2n) is 6.84. The third kappa shape index (κ3) is 1.63. The zero-order valence-corrected chi connectivity index (χ0v) is 14.6. The molecule has 2 aliphatic rings. The van der Waals surface area contributed by atoms with Gasteiger partial charge >= 0.3 is 0 Å². The van der Waals surface area contributed by atoms with E-state index in [0.29, 0.717) is 0 Å². The third-order valence-corrected chi connectivity index (χ3v) is 5.51. The van der Waals surface area contributed by atoms with E-state index < -0.39 is 0 Å². The molecule has 0 atom stereocenters. The van der Waals surface area contributed by atoms with Gasteiger partial charge in [0.05, 0.1) is 16.8 Å². The Bertz CT molecular complexity index is 954. The van der Waals surface area contributed by atoms with E-state index in [0.717, 1.165) is 22.5 Å². The molecule has 0 radical (unpaired) electrons. The Morgan fingerprint density at radius 2 is 1.78 bits per heavy atom. The maximum Gasteiger partial charge on any atom is 0.171 e. The largest absolute Gasteiger partial charge is 0.451 e. The van der Waals surface area contributed by atoms with E-state index in [1.54, 1.807) is 0 Å². The van der Waals surface area contributed by atoms with Crippen molar-refractivity contribution in [2.24, 2.45) is 0 Å². The Labute approximate surface area is 143 Å². The highest BCUT2D eigenvalue weighted by atomic mass is 79.9. The number of halogens is 1. The highest BCUT2D eigenvalue weighted by Crippen LogP contribution is 2.57. The van der Waals surface area contributed by atoms with Crippen molar-refractivity contribution >= 4 is 33.0 Å². The van der Waals surface area contributed by atoms with Gasteiger partial charge in [0, 0.05) is 18.2 Å². The van der Waals surface area contributed by atoms with Crippen molar-refractivity contribution in [3.8, 4) is 0 Å². The van der Waals surface area contributed by atoms with Crippen LogP contribution in [-0.4, -0.2) is 0 Å². The second-order valence-corrected chi connectivity index (χ2v) is 7.63. The highest BCUT2D eigenvalue weighted by molar-refractivity contribution is 9.10. The number of nitrogens with zero attached hydrogens (tertiary/aromatic N) is 1. The Balaban J connectivity index is 1.92. The maximum atomic E-state index is 6.06. The molecule has 3 heteroatoms. The number of fused-ring (bicyclic) bond motifs is 4. The van der Waals surface area contributed by atoms with Gasteiger partial charge in [-0.25, -0.2) is 0 Å². The van der Waals surface area contributed by atoms with E-state index in [4.69, 9.17) is 4.42 Å². The van der Waals surface area contributed by atoms with Gasteiger partial charge in [-0.3, -0.25) is 0 Å². The average Bonchev–Trinajstić information content (AvgIpc) is 2.94. The second kappa shape index (κ2) is 4.30. The maximum absolute atomic E-state index is 6.06. The molecule has 114 valence electrons. The van der Waals surface area contributed by atoms with E-state index in [2.05, 4.69) is 83.2 Å². The zero-order valence-electron chi connectivity index (χ0n) is 13.1. The number of furan rings is 1. The van der Waals surface area contributed by atoms with Crippen LogP contribution in [0.5, 0.6) is 0 Å². The van der Waals surface area contributed by atoms with Gasteiger partial charge < -0.3 is 9.32 Å². The van der Waals surface area contributed by atoms with E-state index >= 15 is 0 Å². The van der Waals surface area contributed by atoms with Crippen molar-refractivity contribution in [2.75, 3.05) is 4.90 Å². The fraction of sp³-hybridized carbons (Fsp3) is 0.200. The summed E-state index contributed by atoms with van der Waals surface area (Å²) in [4.78, 5) is 2.37. The molecule has 0 saturated heterocycles. The van der Waals surface area contributed by atoms with Crippen LogP contribution in [0.15, 0.2) is 57.6 Å². The number of benzene rings is 2. The number of anilines is 3. The van der Waals surface area contributed by atoms with Crippen molar-refractivity contribution in [2.45, 2.75) is 25.7 Å². The smallest absolute Gasteiger partial charge is 0.171 e. The molecule has 0 saturated carbocycles. The Morgan fingerprint density at radius 3 is 2.65 bits per heavy atom. The molecule has 0 aliphatic carbocycles. The lowest BCUT2D eigenvalue weighted by Crippen LogP contribution is -2.32. The minimum atomic E-state index is -0.143. The molecule has 3 aromatic rings. The summed E-state index contributed by atoms with van der Waals surface area (Å²) in [5.41, 5.74) is 7.68. The first-order valence-corrected chi connectivity index (χ1v) is 8.67. The Kier molecular flexibility index (Phi) is 2.51. The number of hydrogen-bond donors (Lipinski definition) is 0. The number of para-hydroxylation sites is 2. The first kappa shape index (κ1) is 13.4. The monoisotopic (exact) mass is 365 g/mol. The Hall–Kier alpha value is -2.00. The van der Waals surface area contributed by atoms with Gasteiger partial charge in [0.25, 0.3) is 0 Å². The molecule has 2 aliphatic heterocycles. The van der Waals surface area contributed by atoms with Gasteiger partial charge in [0.15, 0.2) is 4.67 Å². The van der Waals surface area contributed by atoms with E-state index in [-0.39, 0.29) is 5.41 Å². The normalized spacial score (nSPS) is 16.6. The van der Waals surface area contributed by atoms with Crippen molar-refractivity contribution in [3.05, 3.63) is 75.7 Å². The van der Waals surface area contributed by atoms with Crippen LogP contribution in [0.25, 0.3) is 0 Å². The van der Waals surface area contributed by atoms with Gasteiger partial charge in [-0.05, 0) is 52.5 Å². The molecule has 2 aromatic carbocycles. The molecule has 5 rings (SSSR count). The van der Waals surface area contributed by atoms with Crippen LogP contribution < -0.4 is 4.90 Å². The molecule has 0 unspecified atom stereocenters. The Morgan fingerprint density at radius 1 is 1.00 bits per heavy atom. The molecular weight excluding hydrogens is 350 g/mol. The van der Waals surface area contributed by atoms with Crippen LogP contribution in [0.4, 0.5) is 17.1 Å². The molecule has 0 fully saturated rings. The van der Waals surface area contributed by atoms with Gasteiger partial charge in [0.1, 0.15) is 5.76 Å². The molecule has 0 amide bonds. The summed E-state index contributed by atoms with van der Waals surface area (Å²) in [5, 5.41) is 0. The molecule has 1 aromatic heterocycles. The van der Waals surface area contributed by atoms with E-state index in [1.165, 1.54) is 28.1 Å². The summed E-state index contributed by atoms with van der Waals surface area (Å²) < 4.78 is 6.85. The van der Waals surface area contributed by atoms with Crippen LogP contribution in [0.1, 0.15) is 36.3 Å². The summed E-state index contributed by atoms with van der Waals surface area (Å²) >= 11 is 3.53. The average molecular weight is 366 g/mol. The summed E-state index contributed by atoms with van der Waals surface area (Å²) in [7, 11) is 0. The third-order valence-electron chi connectivity index (χ3n) is 5.12. The summed E-state index contributed by atoms with van der Waals surface area (Å²) in [6.07, 6.45) is 0.986. The van der Waals surface area contributed by atoms with Crippen molar-refractivity contribution in [1.29, 1.82) is 0 Å². The first-order chi connectivity index (χ1) is 11.1. The van der Waals surface area contributed by atoms with Crippen molar-refractivity contribution in [1.82, 2.24) is 0 Å². The SMILES string of the molecule is CC1(C)c2cccc3c2N(c2ccccc2C3)c2cc(Br)oc21. The predicted octanol–water partition coefficient (Wildman–Crippen LogP) is 6.06. The lowest BCUT2D eigenvalue weighted by atomic mass is 9.75. The van der Waals surface area contributed by atoms with Gasteiger partial charge in [0.2, 0.25) is 0 Å². The van der Waals surface area contributed by atoms with Crippen LogP contribution in [0.2, 0.25) is 0 Å². The summed E-state index contributed by atoms with van der Waals surface area (Å²) in [6.45, 7) is 4.49. The van der Waals surface area contributed by atoms with Crippen molar-refractivity contribution < 1.29 is 4.42 Å². The topological polar surface area (TPSA) is 16.4 Å². The quantitative estimate of drug-likeness (QED) is 0.376. The lowest BCUT2D eigenvalue weighted by molar-refractivity contribution is 0.413.